The van der Waals surface area contributed by atoms with Crippen molar-refractivity contribution in [3.8, 4) is 34.5 Å². The minimum atomic E-state index is -0.701. The third kappa shape index (κ3) is 6.42. The van der Waals surface area contributed by atoms with E-state index in [1.54, 1.807) is 0 Å². The van der Waals surface area contributed by atoms with Crippen LogP contribution in [0, 0.1) is 0 Å². The molecule has 0 saturated heterocycles. The summed E-state index contributed by atoms with van der Waals surface area (Å²) >= 11 is 0. The lowest BCUT2D eigenvalue weighted by atomic mass is 10.1. The van der Waals surface area contributed by atoms with Crippen LogP contribution in [0.5, 0.6) is 11.8 Å². The van der Waals surface area contributed by atoms with Gasteiger partial charge in [0.05, 0.1) is 21.8 Å². The predicted octanol–water partition coefficient (Wildman–Crippen LogP) is 8.40. The molecule has 234 valence electrons. The van der Waals surface area contributed by atoms with Crippen molar-refractivity contribution in [3.63, 3.8) is 0 Å². The molecular formula is C38H40N6O2. The molecule has 2 aromatic heterocycles. The first-order valence-corrected chi connectivity index (χ1v) is 16.1. The first-order valence-electron chi connectivity index (χ1n) is 16.1. The van der Waals surface area contributed by atoms with E-state index in [0.29, 0.717) is 23.4 Å². The molecule has 0 radical (unpaired) electrons. The van der Waals surface area contributed by atoms with Crippen LogP contribution in [0.1, 0.15) is 34.6 Å². The zero-order valence-electron chi connectivity index (χ0n) is 27.1. The maximum atomic E-state index is 6.40. The van der Waals surface area contributed by atoms with Crippen LogP contribution in [0.3, 0.4) is 0 Å². The van der Waals surface area contributed by atoms with Gasteiger partial charge in [0, 0.05) is 55.6 Å². The molecule has 0 saturated carbocycles. The number of nitrogens with zero attached hydrogens (tertiary/aromatic N) is 6. The van der Waals surface area contributed by atoms with Crippen LogP contribution in [0.15, 0.2) is 97.1 Å². The van der Waals surface area contributed by atoms with Gasteiger partial charge in [-0.3, -0.25) is 0 Å². The van der Waals surface area contributed by atoms with E-state index in [-0.39, 0.29) is 0 Å². The quantitative estimate of drug-likeness (QED) is 0.128. The van der Waals surface area contributed by atoms with Crippen molar-refractivity contribution in [1.29, 1.82) is 0 Å². The van der Waals surface area contributed by atoms with Gasteiger partial charge in [-0.25, -0.2) is 9.97 Å². The Hall–Kier alpha value is -5.24. The standard InChI is InChI=1S/C38H40N6O2/c1-6-43(7-2)29-22-18-27(19-23-29)35-39-33-16-12-10-14-31(33)37(41-35)45-26(5)46-38-32-15-11-13-17-34(32)40-36(42-38)28-20-24-30(25-21-28)44(8-3)9-4/h10-26H,6-9H2,1-5H3. The maximum Gasteiger partial charge on any atom is 0.242 e. The van der Waals surface area contributed by atoms with E-state index in [9.17, 15) is 0 Å². The van der Waals surface area contributed by atoms with Gasteiger partial charge in [0.15, 0.2) is 11.6 Å². The van der Waals surface area contributed by atoms with E-state index >= 15 is 0 Å². The lowest BCUT2D eigenvalue weighted by Gasteiger charge is -2.21. The van der Waals surface area contributed by atoms with Gasteiger partial charge in [-0.2, -0.15) is 9.97 Å². The Labute approximate surface area is 270 Å². The number of hydrogen-bond donors (Lipinski definition) is 0. The predicted molar refractivity (Wildman–Crippen MR) is 188 cm³/mol. The highest BCUT2D eigenvalue weighted by atomic mass is 16.7. The minimum Gasteiger partial charge on any atom is -0.437 e. The molecule has 0 amide bonds. The average molecular weight is 613 g/mol. The van der Waals surface area contributed by atoms with Gasteiger partial charge < -0.3 is 19.3 Å². The fraction of sp³-hybridized carbons (Fsp3) is 0.263. The highest BCUT2D eigenvalue weighted by molar-refractivity contribution is 5.86. The molecule has 0 unspecified atom stereocenters. The Morgan fingerprint density at radius 3 is 1.24 bits per heavy atom. The number of ether oxygens (including phenoxy) is 2. The van der Waals surface area contributed by atoms with Crippen molar-refractivity contribution in [3.05, 3.63) is 97.1 Å². The maximum absolute atomic E-state index is 6.40. The lowest BCUT2D eigenvalue weighted by Crippen LogP contribution is -2.22. The molecule has 2 heterocycles. The molecule has 6 rings (SSSR count). The van der Waals surface area contributed by atoms with Crippen molar-refractivity contribution in [1.82, 2.24) is 19.9 Å². The zero-order valence-corrected chi connectivity index (χ0v) is 27.1. The molecule has 46 heavy (non-hydrogen) atoms. The molecule has 0 spiro atoms. The summed E-state index contributed by atoms with van der Waals surface area (Å²) in [5.41, 5.74) is 5.77. The van der Waals surface area contributed by atoms with Crippen LogP contribution in [0.2, 0.25) is 0 Å². The van der Waals surface area contributed by atoms with Crippen molar-refractivity contribution in [2.24, 2.45) is 0 Å². The number of hydrogen-bond acceptors (Lipinski definition) is 8. The molecule has 0 aliphatic heterocycles. The second kappa shape index (κ2) is 13.8. The summed E-state index contributed by atoms with van der Waals surface area (Å²) in [4.78, 5) is 24.1. The number of para-hydroxylation sites is 2. The summed E-state index contributed by atoms with van der Waals surface area (Å²) < 4.78 is 12.8. The van der Waals surface area contributed by atoms with E-state index in [1.165, 1.54) is 11.4 Å². The van der Waals surface area contributed by atoms with Gasteiger partial charge in [-0.1, -0.05) is 24.3 Å². The summed E-state index contributed by atoms with van der Waals surface area (Å²) in [6.07, 6.45) is -0.701. The fourth-order valence-electron chi connectivity index (χ4n) is 5.69. The summed E-state index contributed by atoms with van der Waals surface area (Å²) in [5.74, 6) is 2.09. The van der Waals surface area contributed by atoms with Gasteiger partial charge in [0.1, 0.15) is 0 Å². The van der Waals surface area contributed by atoms with Gasteiger partial charge in [-0.15, -0.1) is 0 Å². The highest BCUT2D eigenvalue weighted by Crippen LogP contribution is 2.31. The largest absolute Gasteiger partial charge is 0.437 e. The highest BCUT2D eigenvalue weighted by Gasteiger charge is 2.18. The van der Waals surface area contributed by atoms with Gasteiger partial charge in [0.25, 0.3) is 0 Å². The number of benzene rings is 4. The minimum absolute atomic E-state index is 0.450. The number of anilines is 2. The Morgan fingerprint density at radius 2 is 0.870 bits per heavy atom. The third-order valence-electron chi connectivity index (χ3n) is 8.20. The lowest BCUT2D eigenvalue weighted by molar-refractivity contribution is 0.0178. The first kappa shape index (κ1) is 30.8. The van der Waals surface area contributed by atoms with Crippen LogP contribution < -0.4 is 19.3 Å². The number of fused-ring (bicyclic) bond motifs is 2. The smallest absolute Gasteiger partial charge is 0.242 e. The van der Waals surface area contributed by atoms with Crippen LogP contribution in [0.25, 0.3) is 44.6 Å². The molecule has 0 aliphatic carbocycles. The van der Waals surface area contributed by atoms with Crippen LogP contribution in [-0.4, -0.2) is 52.4 Å². The van der Waals surface area contributed by atoms with Crippen molar-refractivity contribution >= 4 is 33.2 Å². The van der Waals surface area contributed by atoms with E-state index in [1.807, 2.05) is 55.5 Å². The molecule has 4 aromatic carbocycles. The van der Waals surface area contributed by atoms with E-state index in [0.717, 1.165) is 59.1 Å². The van der Waals surface area contributed by atoms with E-state index in [2.05, 4.69) is 86.0 Å². The first-order chi connectivity index (χ1) is 22.5. The van der Waals surface area contributed by atoms with Crippen LogP contribution >= 0.6 is 0 Å². The summed E-state index contributed by atoms with van der Waals surface area (Å²) in [6, 6.07) is 32.4. The molecule has 0 atom stereocenters. The molecule has 0 aliphatic rings. The SMILES string of the molecule is CCN(CC)c1ccc(-c2nc(OC(C)Oc3nc(-c4ccc(N(CC)CC)cc4)nc4ccccc34)c3ccccc3n2)cc1. The van der Waals surface area contributed by atoms with E-state index < -0.39 is 6.29 Å². The van der Waals surface area contributed by atoms with E-state index in [4.69, 9.17) is 29.4 Å². The molecule has 0 bridgehead atoms. The molecule has 8 heteroatoms. The molecule has 6 aromatic rings. The topological polar surface area (TPSA) is 76.5 Å². The van der Waals surface area contributed by atoms with Crippen molar-refractivity contribution in [2.75, 3.05) is 36.0 Å². The fourth-order valence-corrected chi connectivity index (χ4v) is 5.69. The average Bonchev–Trinajstić information content (AvgIpc) is 3.10. The normalized spacial score (nSPS) is 11.3. The zero-order chi connectivity index (χ0) is 32.0. The van der Waals surface area contributed by atoms with Crippen molar-refractivity contribution in [2.45, 2.75) is 40.9 Å². The molecule has 0 fully saturated rings. The molecule has 0 N–H and O–H groups in total. The van der Waals surface area contributed by atoms with Crippen LogP contribution in [-0.2, 0) is 0 Å². The monoisotopic (exact) mass is 612 g/mol. The number of aromatic nitrogens is 4. The van der Waals surface area contributed by atoms with Crippen molar-refractivity contribution < 1.29 is 9.47 Å². The Kier molecular flexibility index (Phi) is 9.24. The number of rotatable bonds is 12. The summed E-state index contributed by atoms with van der Waals surface area (Å²) in [6.45, 7) is 14.3. The van der Waals surface area contributed by atoms with Gasteiger partial charge >= 0.3 is 0 Å². The van der Waals surface area contributed by atoms with Gasteiger partial charge in [0.2, 0.25) is 18.1 Å². The van der Waals surface area contributed by atoms with Gasteiger partial charge in [-0.05, 0) is 100 Å². The summed E-state index contributed by atoms with van der Waals surface area (Å²) in [7, 11) is 0. The summed E-state index contributed by atoms with van der Waals surface area (Å²) in [5, 5.41) is 1.62. The Bertz CT molecular complexity index is 1780. The second-order valence-electron chi connectivity index (χ2n) is 11.0. The molecule has 8 nitrogen and oxygen atoms in total. The van der Waals surface area contributed by atoms with Crippen LogP contribution in [0.4, 0.5) is 11.4 Å². The molecular weight excluding hydrogens is 572 g/mol. The Balaban J connectivity index is 1.30. The second-order valence-corrected chi connectivity index (χ2v) is 11.0. The third-order valence-corrected chi connectivity index (χ3v) is 8.20. The Morgan fingerprint density at radius 1 is 0.500 bits per heavy atom.